The summed E-state index contributed by atoms with van der Waals surface area (Å²) in [7, 11) is 0. The first-order valence-corrected chi connectivity index (χ1v) is 6.89. The number of hydrogen-bond acceptors (Lipinski definition) is 3. The number of rotatable bonds is 7. The van der Waals surface area contributed by atoms with E-state index in [4.69, 9.17) is 5.11 Å². The van der Waals surface area contributed by atoms with Crippen molar-refractivity contribution in [2.75, 3.05) is 0 Å². The lowest BCUT2D eigenvalue weighted by atomic mass is 10.0. The third kappa shape index (κ3) is 5.90. The van der Waals surface area contributed by atoms with Gasteiger partial charge in [-0.3, -0.25) is 4.79 Å². The topological polar surface area (TPSA) is 108 Å². The Kier molecular flexibility index (Phi) is 5.79. The number of carbonyl (C=O) groups is 3. The molecule has 1 fully saturated rings. The first-order chi connectivity index (χ1) is 9.29. The van der Waals surface area contributed by atoms with E-state index < -0.39 is 24.1 Å². The smallest absolute Gasteiger partial charge is 0.326 e. The summed E-state index contributed by atoms with van der Waals surface area (Å²) in [5, 5.41) is 16.6. The van der Waals surface area contributed by atoms with Gasteiger partial charge in [-0.2, -0.15) is 0 Å². The molecule has 0 heterocycles. The van der Waals surface area contributed by atoms with Gasteiger partial charge in [0.15, 0.2) is 0 Å². The molecule has 4 N–H and O–H groups in total. The molecule has 2 atom stereocenters. The monoisotopic (exact) mass is 285 g/mol. The molecule has 0 aromatic rings. The van der Waals surface area contributed by atoms with E-state index in [9.17, 15) is 14.4 Å². The zero-order chi connectivity index (χ0) is 15.3. The van der Waals surface area contributed by atoms with Crippen LogP contribution in [0.25, 0.3) is 0 Å². The van der Waals surface area contributed by atoms with Gasteiger partial charge in [-0.05, 0) is 32.1 Å². The molecule has 0 radical (unpaired) electrons. The van der Waals surface area contributed by atoms with E-state index in [0.717, 1.165) is 12.8 Å². The number of hydrogen-bond donors (Lipinski definition) is 4. The summed E-state index contributed by atoms with van der Waals surface area (Å²) in [6.45, 7) is 5.32. The second-order valence-electron chi connectivity index (χ2n) is 5.64. The number of carbonyl (C=O) groups excluding carboxylic acids is 2. The average molecular weight is 285 g/mol. The van der Waals surface area contributed by atoms with Gasteiger partial charge in [0.2, 0.25) is 5.91 Å². The number of urea groups is 1. The molecule has 1 aliphatic rings. The van der Waals surface area contributed by atoms with Crippen LogP contribution < -0.4 is 16.0 Å². The van der Waals surface area contributed by atoms with E-state index >= 15 is 0 Å². The quantitative estimate of drug-likeness (QED) is 0.544. The highest BCUT2D eigenvalue weighted by Crippen LogP contribution is 2.18. The molecule has 0 aliphatic heterocycles. The summed E-state index contributed by atoms with van der Waals surface area (Å²) in [5.41, 5.74) is 0. The van der Waals surface area contributed by atoms with Crippen LogP contribution in [0.2, 0.25) is 0 Å². The Hall–Kier alpha value is -1.79. The predicted octanol–water partition coefficient (Wildman–Crippen LogP) is 0.452. The van der Waals surface area contributed by atoms with E-state index in [1.54, 1.807) is 6.92 Å². The van der Waals surface area contributed by atoms with Gasteiger partial charge >= 0.3 is 12.0 Å². The van der Waals surface area contributed by atoms with Gasteiger partial charge in [-0.25, -0.2) is 9.59 Å². The van der Waals surface area contributed by atoms with Gasteiger partial charge in [0, 0.05) is 6.04 Å². The van der Waals surface area contributed by atoms with Crippen molar-refractivity contribution in [3.05, 3.63) is 0 Å². The summed E-state index contributed by atoms with van der Waals surface area (Å²) in [5.74, 6) is -1.19. The first-order valence-electron chi connectivity index (χ1n) is 6.89. The van der Waals surface area contributed by atoms with Crippen molar-refractivity contribution in [2.45, 2.75) is 58.2 Å². The van der Waals surface area contributed by atoms with Crippen LogP contribution in [0, 0.1) is 5.92 Å². The van der Waals surface area contributed by atoms with Crippen molar-refractivity contribution in [3.8, 4) is 0 Å². The minimum absolute atomic E-state index is 0.145. The molecule has 1 rings (SSSR count). The average Bonchev–Trinajstić information content (AvgIpc) is 3.10. The van der Waals surface area contributed by atoms with Gasteiger partial charge in [-0.1, -0.05) is 13.8 Å². The van der Waals surface area contributed by atoms with Crippen molar-refractivity contribution in [1.82, 2.24) is 16.0 Å². The number of carboxylic acid groups (broad SMARTS) is 1. The Morgan fingerprint density at radius 3 is 2.20 bits per heavy atom. The fourth-order valence-electron chi connectivity index (χ4n) is 1.71. The molecule has 1 unspecified atom stereocenters. The van der Waals surface area contributed by atoms with E-state index in [1.165, 1.54) is 0 Å². The Labute approximate surface area is 118 Å². The van der Waals surface area contributed by atoms with Gasteiger partial charge in [0.25, 0.3) is 0 Å². The summed E-state index contributed by atoms with van der Waals surface area (Å²) in [6.07, 6.45) is 2.28. The molecule has 7 nitrogen and oxygen atoms in total. The molecule has 3 amide bonds. The molecule has 0 spiro atoms. The lowest BCUT2D eigenvalue weighted by Gasteiger charge is -2.19. The molecule has 0 saturated heterocycles. The normalized spacial score (nSPS) is 17.2. The second-order valence-corrected chi connectivity index (χ2v) is 5.64. The van der Waals surface area contributed by atoms with Crippen LogP contribution in [0.15, 0.2) is 0 Å². The third-order valence-electron chi connectivity index (χ3n) is 2.98. The maximum absolute atomic E-state index is 11.7. The Balaban J connectivity index is 2.39. The SMILES string of the molecule is CC(C)C[C@H](NC(=O)NC(C)C(=O)NC1CC1)C(=O)O. The predicted molar refractivity (Wildman–Crippen MR) is 73.2 cm³/mol. The fraction of sp³-hybridized carbons (Fsp3) is 0.769. The van der Waals surface area contributed by atoms with E-state index in [0.29, 0.717) is 6.42 Å². The van der Waals surface area contributed by atoms with Crippen LogP contribution in [0.3, 0.4) is 0 Å². The van der Waals surface area contributed by atoms with Crippen molar-refractivity contribution < 1.29 is 19.5 Å². The lowest BCUT2D eigenvalue weighted by molar-refractivity contribution is -0.139. The lowest BCUT2D eigenvalue weighted by Crippen LogP contribution is -2.52. The van der Waals surface area contributed by atoms with E-state index in [2.05, 4.69) is 16.0 Å². The molecule has 0 bridgehead atoms. The van der Waals surface area contributed by atoms with Crippen LogP contribution >= 0.6 is 0 Å². The van der Waals surface area contributed by atoms with Crippen LogP contribution in [0.1, 0.15) is 40.0 Å². The third-order valence-corrected chi connectivity index (χ3v) is 2.98. The maximum Gasteiger partial charge on any atom is 0.326 e. The summed E-state index contributed by atoms with van der Waals surface area (Å²) < 4.78 is 0. The Morgan fingerprint density at radius 2 is 1.75 bits per heavy atom. The van der Waals surface area contributed by atoms with Gasteiger partial charge in [0.1, 0.15) is 12.1 Å². The van der Waals surface area contributed by atoms with Crippen LogP contribution in [0.4, 0.5) is 4.79 Å². The van der Waals surface area contributed by atoms with E-state index in [-0.39, 0.29) is 17.9 Å². The number of amides is 3. The molecule has 0 aromatic heterocycles. The van der Waals surface area contributed by atoms with Crippen LogP contribution in [0.5, 0.6) is 0 Å². The second kappa shape index (κ2) is 7.12. The Morgan fingerprint density at radius 1 is 1.15 bits per heavy atom. The highest BCUT2D eigenvalue weighted by molar-refractivity contribution is 5.88. The van der Waals surface area contributed by atoms with Crippen molar-refractivity contribution >= 4 is 17.9 Å². The van der Waals surface area contributed by atoms with Gasteiger partial charge in [0.05, 0.1) is 0 Å². The van der Waals surface area contributed by atoms with Gasteiger partial charge < -0.3 is 21.1 Å². The molecular formula is C13H23N3O4. The summed E-state index contributed by atoms with van der Waals surface area (Å²) in [6, 6.07) is -2.06. The largest absolute Gasteiger partial charge is 0.480 e. The number of nitrogens with one attached hydrogen (secondary N) is 3. The molecule has 1 saturated carbocycles. The molecule has 7 heteroatoms. The van der Waals surface area contributed by atoms with Crippen molar-refractivity contribution in [3.63, 3.8) is 0 Å². The van der Waals surface area contributed by atoms with Crippen molar-refractivity contribution in [2.24, 2.45) is 5.92 Å². The molecular weight excluding hydrogens is 262 g/mol. The van der Waals surface area contributed by atoms with Crippen LogP contribution in [-0.4, -0.2) is 41.1 Å². The minimum atomic E-state index is -1.08. The zero-order valence-electron chi connectivity index (χ0n) is 12.1. The van der Waals surface area contributed by atoms with Crippen LogP contribution in [-0.2, 0) is 9.59 Å². The molecule has 0 aromatic carbocycles. The Bertz CT molecular complexity index is 380. The minimum Gasteiger partial charge on any atom is -0.480 e. The summed E-state index contributed by atoms with van der Waals surface area (Å²) in [4.78, 5) is 34.4. The summed E-state index contributed by atoms with van der Waals surface area (Å²) >= 11 is 0. The fourth-order valence-corrected chi connectivity index (χ4v) is 1.71. The van der Waals surface area contributed by atoms with Gasteiger partial charge in [-0.15, -0.1) is 0 Å². The zero-order valence-corrected chi connectivity index (χ0v) is 12.1. The van der Waals surface area contributed by atoms with Crippen molar-refractivity contribution in [1.29, 1.82) is 0 Å². The van der Waals surface area contributed by atoms with E-state index in [1.807, 2.05) is 13.8 Å². The first kappa shape index (κ1) is 16.3. The highest BCUT2D eigenvalue weighted by atomic mass is 16.4. The number of carboxylic acids is 1. The number of aliphatic carboxylic acids is 1. The maximum atomic E-state index is 11.7. The highest BCUT2D eigenvalue weighted by Gasteiger charge is 2.27. The molecule has 20 heavy (non-hydrogen) atoms. The molecule has 114 valence electrons. The standard InChI is InChI=1S/C13H23N3O4/c1-7(2)6-10(12(18)19)16-13(20)14-8(3)11(17)15-9-4-5-9/h7-10H,4-6H2,1-3H3,(H,15,17)(H,18,19)(H2,14,16,20)/t8?,10-/m0/s1. The molecule has 1 aliphatic carbocycles.